The predicted molar refractivity (Wildman–Crippen MR) is 60.2 cm³/mol. The summed E-state index contributed by atoms with van der Waals surface area (Å²) in [5, 5.41) is 0.661. The number of nitrogen functional groups attached to an aromatic ring is 1. The fraction of sp³-hybridized carbons (Fsp3) is 0.500. The molecule has 1 aliphatic rings. The Hall–Kier alpha value is -0.870. The van der Waals surface area contributed by atoms with E-state index >= 15 is 0 Å². The normalized spacial score (nSPS) is 16.1. The van der Waals surface area contributed by atoms with Crippen molar-refractivity contribution in [3.63, 3.8) is 0 Å². The molecule has 0 atom stereocenters. The Morgan fingerprint density at radius 1 is 1.71 bits per heavy atom. The number of hydrogen-bond donors (Lipinski definition) is 1. The maximum absolute atomic E-state index is 5.59. The van der Waals surface area contributed by atoms with Gasteiger partial charge in [0, 0.05) is 30.2 Å². The third kappa shape index (κ3) is 2.33. The van der Waals surface area contributed by atoms with Gasteiger partial charge in [-0.2, -0.15) is 0 Å². The Labute approximate surface area is 88.3 Å². The van der Waals surface area contributed by atoms with Crippen molar-refractivity contribution in [3.8, 4) is 0 Å². The summed E-state index contributed by atoms with van der Waals surface area (Å²) in [5.41, 5.74) is 5.59. The molecule has 1 heterocycles. The molecule has 0 amide bonds. The number of hydrogen-bond acceptors (Lipinski definition) is 4. The van der Waals surface area contributed by atoms with E-state index in [0.29, 0.717) is 5.13 Å². The standard InChI is InChI=1S/C10H15N3S/c1-2-5-13(8-3-4-8)7-9-6-12-10(11)14-9/h2,6,8H,1,3-5,7H2,(H2,11,12). The van der Waals surface area contributed by atoms with E-state index in [-0.39, 0.29) is 0 Å². The molecule has 0 unspecified atom stereocenters. The molecule has 3 nitrogen and oxygen atoms in total. The van der Waals surface area contributed by atoms with Crippen molar-refractivity contribution in [1.29, 1.82) is 0 Å². The molecule has 0 saturated heterocycles. The smallest absolute Gasteiger partial charge is 0.180 e. The Balaban J connectivity index is 1.95. The van der Waals surface area contributed by atoms with Crippen LogP contribution < -0.4 is 5.73 Å². The van der Waals surface area contributed by atoms with E-state index in [1.165, 1.54) is 17.7 Å². The third-order valence-electron chi connectivity index (χ3n) is 2.36. The van der Waals surface area contributed by atoms with Crippen LogP contribution in [0.2, 0.25) is 0 Å². The van der Waals surface area contributed by atoms with Gasteiger partial charge in [0.15, 0.2) is 5.13 Å². The summed E-state index contributed by atoms with van der Waals surface area (Å²) < 4.78 is 0. The lowest BCUT2D eigenvalue weighted by atomic mass is 10.4. The van der Waals surface area contributed by atoms with Gasteiger partial charge in [-0.1, -0.05) is 6.08 Å². The number of thiazole rings is 1. The number of nitrogens with zero attached hydrogens (tertiary/aromatic N) is 2. The molecule has 0 spiro atoms. The zero-order valence-electron chi connectivity index (χ0n) is 8.15. The van der Waals surface area contributed by atoms with Crippen LogP contribution in [0.25, 0.3) is 0 Å². The van der Waals surface area contributed by atoms with E-state index in [2.05, 4.69) is 16.5 Å². The van der Waals surface area contributed by atoms with Gasteiger partial charge in [-0.25, -0.2) is 4.98 Å². The van der Waals surface area contributed by atoms with Crippen LogP contribution in [-0.2, 0) is 6.54 Å². The first-order valence-corrected chi connectivity index (χ1v) is 5.66. The molecule has 1 aliphatic carbocycles. The first kappa shape index (κ1) is 9.68. The Bertz CT molecular complexity index is 317. The van der Waals surface area contributed by atoms with Gasteiger partial charge in [-0.3, -0.25) is 4.90 Å². The average Bonchev–Trinajstić information content (AvgIpc) is 2.91. The second kappa shape index (κ2) is 4.11. The van der Waals surface area contributed by atoms with Crippen LogP contribution >= 0.6 is 11.3 Å². The summed E-state index contributed by atoms with van der Waals surface area (Å²) in [4.78, 5) is 7.73. The summed E-state index contributed by atoms with van der Waals surface area (Å²) in [7, 11) is 0. The van der Waals surface area contributed by atoms with Gasteiger partial charge in [0.25, 0.3) is 0 Å². The molecular formula is C10H15N3S. The zero-order chi connectivity index (χ0) is 9.97. The molecule has 14 heavy (non-hydrogen) atoms. The Kier molecular flexibility index (Phi) is 2.84. The van der Waals surface area contributed by atoms with E-state index in [9.17, 15) is 0 Å². The zero-order valence-corrected chi connectivity index (χ0v) is 8.96. The van der Waals surface area contributed by atoms with Crippen molar-refractivity contribution in [1.82, 2.24) is 9.88 Å². The molecule has 2 rings (SSSR count). The van der Waals surface area contributed by atoms with Crippen LogP contribution in [0.1, 0.15) is 17.7 Å². The van der Waals surface area contributed by atoms with Gasteiger partial charge in [0.05, 0.1) is 0 Å². The number of rotatable bonds is 5. The van der Waals surface area contributed by atoms with E-state index in [0.717, 1.165) is 19.1 Å². The minimum Gasteiger partial charge on any atom is -0.375 e. The van der Waals surface area contributed by atoms with Gasteiger partial charge in [-0.15, -0.1) is 17.9 Å². The Morgan fingerprint density at radius 3 is 3.00 bits per heavy atom. The van der Waals surface area contributed by atoms with E-state index in [1.54, 1.807) is 11.3 Å². The van der Waals surface area contributed by atoms with Gasteiger partial charge in [0.2, 0.25) is 0 Å². The van der Waals surface area contributed by atoms with Crippen LogP contribution in [0.3, 0.4) is 0 Å². The highest BCUT2D eigenvalue weighted by Crippen LogP contribution is 2.29. The molecule has 0 aromatic carbocycles. The van der Waals surface area contributed by atoms with Crippen LogP contribution in [0.5, 0.6) is 0 Å². The largest absolute Gasteiger partial charge is 0.375 e. The lowest BCUT2D eigenvalue weighted by Crippen LogP contribution is -2.25. The van der Waals surface area contributed by atoms with Crippen LogP contribution in [0.15, 0.2) is 18.9 Å². The number of aromatic nitrogens is 1. The van der Waals surface area contributed by atoms with E-state index in [4.69, 9.17) is 5.73 Å². The highest BCUT2D eigenvalue weighted by atomic mass is 32.1. The summed E-state index contributed by atoms with van der Waals surface area (Å²) in [6, 6.07) is 0.760. The maximum Gasteiger partial charge on any atom is 0.180 e. The molecule has 2 N–H and O–H groups in total. The molecule has 0 bridgehead atoms. The molecule has 1 saturated carbocycles. The topological polar surface area (TPSA) is 42.2 Å². The second-order valence-corrected chi connectivity index (χ2v) is 4.76. The summed E-state index contributed by atoms with van der Waals surface area (Å²) in [6.45, 7) is 5.70. The van der Waals surface area contributed by atoms with E-state index in [1.807, 2.05) is 12.3 Å². The predicted octanol–water partition coefficient (Wildman–Crippen LogP) is 1.88. The number of nitrogens with two attached hydrogens (primary N) is 1. The maximum atomic E-state index is 5.59. The van der Waals surface area contributed by atoms with Crippen LogP contribution in [-0.4, -0.2) is 22.5 Å². The lowest BCUT2D eigenvalue weighted by Gasteiger charge is -2.18. The molecule has 1 fully saturated rings. The molecule has 1 aromatic heterocycles. The van der Waals surface area contributed by atoms with Crippen molar-refractivity contribution in [2.75, 3.05) is 12.3 Å². The molecular weight excluding hydrogens is 194 g/mol. The van der Waals surface area contributed by atoms with Crippen LogP contribution in [0, 0.1) is 0 Å². The fourth-order valence-corrected chi connectivity index (χ4v) is 2.25. The van der Waals surface area contributed by atoms with Gasteiger partial charge >= 0.3 is 0 Å². The first-order valence-electron chi connectivity index (χ1n) is 4.84. The lowest BCUT2D eigenvalue weighted by molar-refractivity contribution is 0.286. The SMILES string of the molecule is C=CCN(Cc1cnc(N)s1)C1CC1. The summed E-state index contributed by atoms with van der Waals surface area (Å²) in [6.07, 6.45) is 6.48. The minimum absolute atomic E-state index is 0.661. The Morgan fingerprint density at radius 2 is 2.50 bits per heavy atom. The molecule has 4 heteroatoms. The average molecular weight is 209 g/mol. The molecule has 76 valence electrons. The van der Waals surface area contributed by atoms with E-state index < -0.39 is 0 Å². The highest BCUT2D eigenvalue weighted by Gasteiger charge is 2.28. The summed E-state index contributed by atoms with van der Waals surface area (Å²) in [5.74, 6) is 0. The van der Waals surface area contributed by atoms with Crippen molar-refractivity contribution < 1.29 is 0 Å². The minimum atomic E-state index is 0.661. The first-order chi connectivity index (χ1) is 6.79. The third-order valence-corrected chi connectivity index (χ3v) is 3.17. The summed E-state index contributed by atoms with van der Waals surface area (Å²) >= 11 is 1.58. The highest BCUT2D eigenvalue weighted by molar-refractivity contribution is 7.15. The molecule has 0 radical (unpaired) electrons. The van der Waals surface area contributed by atoms with Gasteiger partial charge in [0.1, 0.15) is 0 Å². The second-order valence-electron chi connectivity index (χ2n) is 3.61. The fourth-order valence-electron chi connectivity index (χ4n) is 1.54. The molecule has 1 aromatic rings. The van der Waals surface area contributed by atoms with Crippen molar-refractivity contribution in [2.45, 2.75) is 25.4 Å². The van der Waals surface area contributed by atoms with Gasteiger partial charge in [-0.05, 0) is 12.8 Å². The van der Waals surface area contributed by atoms with Crippen LogP contribution in [0.4, 0.5) is 5.13 Å². The van der Waals surface area contributed by atoms with Crippen molar-refractivity contribution in [3.05, 3.63) is 23.7 Å². The van der Waals surface area contributed by atoms with Crippen molar-refractivity contribution >= 4 is 16.5 Å². The number of anilines is 1. The molecule has 0 aliphatic heterocycles. The monoisotopic (exact) mass is 209 g/mol. The van der Waals surface area contributed by atoms with Gasteiger partial charge < -0.3 is 5.73 Å². The van der Waals surface area contributed by atoms with Crippen molar-refractivity contribution in [2.24, 2.45) is 0 Å². The quantitative estimate of drug-likeness (QED) is 0.753.